The molecule has 1 unspecified atom stereocenters. The van der Waals surface area contributed by atoms with Crippen LogP contribution in [0.2, 0.25) is 0 Å². The van der Waals surface area contributed by atoms with Crippen LogP contribution in [0.4, 0.5) is 0 Å². The molecular formula is C17H23N5O3S2. The van der Waals surface area contributed by atoms with Crippen LogP contribution in [0.25, 0.3) is 0 Å². The van der Waals surface area contributed by atoms with Gasteiger partial charge in [-0.2, -0.15) is 5.10 Å². The first-order valence-electron chi connectivity index (χ1n) is 8.75. The second kappa shape index (κ2) is 8.32. The van der Waals surface area contributed by atoms with Crippen molar-refractivity contribution in [3.8, 4) is 0 Å². The number of hydrogen-bond donors (Lipinski definition) is 2. The summed E-state index contributed by atoms with van der Waals surface area (Å²) < 4.78 is 25.8. The summed E-state index contributed by atoms with van der Waals surface area (Å²) in [5.74, 6) is 0.778. The number of H-pyrrole nitrogens is 1. The number of sulfone groups is 1. The Kier molecular flexibility index (Phi) is 6.08. The average molecular weight is 410 g/mol. The maximum atomic E-state index is 12.9. The smallest absolute Gasteiger partial charge is 0.241 e. The number of aromatic amines is 1. The van der Waals surface area contributed by atoms with Gasteiger partial charge in [-0.25, -0.2) is 8.42 Å². The van der Waals surface area contributed by atoms with E-state index in [9.17, 15) is 13.2 Å². The summed E-state index contributed by atoms with van der Waals surface area (Å²) in [5.41, 5.74) is 0.854. The van der Waals surface area contributed by atoms with Crippen molar-refractivity contribution in [2.24, 2.45) is 7.05 Å². The second-order valence-corrected chi connectivity index (χ2v) is 9.24. The Morgan fingerprint density at radius 1 is 1.30 bits per heavy atom. The summed E-state index contributed by atoms with van der Waals surface area (Å²) in [5, 5.41) is 9.81. The SMILES string of the molecule is Cn1c(CCNC(=O)C(c2ccccc2)N2CCS(=O)(=O)CC2)n[nH]c1=S. The van der Waals surface area contributed by atoms with Crippen LogP contribution in [0.15, 0.2) is 30.3 Å². The fraction of sp³-hybridized carbons (Fsp3) is 0.471. The summed E-state index contributed by atoms with van der Waals surface area (Å²) in [6, 6.07) is 8.93. The van der Waals surface area contributed by atoms with Gasteiger partial charge in [-0.15, -0.1) is 0 Å². The van der Waals surface area contributed by atoms with Crippen molar-refractivity contribution in [1.82, 2.24) is 25.0 Å². The zero-order valence-electron chi connectivity index (χ0n) is 15.1. The second-order valence-electron chi connectivity index (χ2n) is 6.55. The highest BCUT2D eigenvalue weighted by Gasteiger charge is 2.32. The molecule has 0 spiro atoms. The van der Waals surface area contributed by atoms with Gasteiger partial charge in [0.05, 0.1) is 11.5 Å². The van der Waals surface area contributed by atoms with Gasteiger partial charge in [-0.3, -0.25) is 14.8 Å². The minimum absolute atomic E-state index is 0.0777. The van der Waals surface area contributed by atoms with Crippen molar-refractivity contribution >= 4 is 28.0 Å². The van der Waals surface area contributed by atoms with Gasteiger partial charge in [0, 0.05) is 33.1 Å². The molecule has 1 fully saturated rings. The van der Waals surface area contributed by atoms with Crippen LogP contribution in [0, 0.1) is 4.77 Å². The number of hydrogen-bond acceptors (Lipinski definition) is 6. The minimum atomic E-state index is -3.01. The number of nitrogens with zero attached hydrogens (tertiary/aromatic N) is 3. The van der Waals surface area contributed by atoms with E-state index in [2.05, 4.69) is 15.5 Å². The van der Waals surface area contributed by atoms with Gasteiger partial charge < -0.3 is 9.88 Å². The predicted molar refractivity (Wildman–Crippen MR) is 105 cm³/mol. The topological polar surface area (TPSA) is 100 Å². The van der Waals surface area contributed by atoms with E-state index < -0.39 is 15.9 Å². The summed E-state index contributed by atoms with van der Waals surface area (Å²) in [4.78, 5) is 14.9. The van der Waals surface area contributed by atoms with Gasteiger partial charge in [0.1, 0.15) is 11.9 Å². The van der Waals surface area contributed by atoms with Crippen molar-refractivity contribution in [3.05, 3.63) is 46.5 Å². The van der Waals surface area contributed by atoms with Gasteiger partial charge >= 0.3 is 0 Å². The third kappa shape index (κ3) is 4.82. The first-order valence-corrected chi connectivity index (χ1v) is 11.0. The Morgan fingerprint density at radius 2 is 1.96 bits per heavy atom. The number of carbonyl (C=O) groups is 1. The Bertz CT molecular complexity index is 938. The molecule has 0 aliphatic carbocycles. The lowest BCUT2D eigenvalue weighted by atomic mass is 10.0. The van der Waals surface area contributed by atoms with Crippen LogP contribution in [0.1, 0.15) is 17.4 Å². The van der Waals surface area contributed by atoms with E-state index in [0.717, 1.165) is 11.4 Å². The van der Waals surface area contributed by atoms with Crippen LogP contribution < -0.4 is 5.32 Å². The molecule has 0 saturated carbocycles. The molecule has 1 saturated heterocycles. The number of amides is 1. The molecule has 2 heterocycles. The Hall–Kier alpha value is -2.04. The largest absolute Gasteiger partial charge is 0.354 e. The van der Waals surface area contributed by atoms with Crippen LogP contribution >= 0.6 is 12.2 Å². The van der Waals surface area contributed by atoms with Crippen LogP contribution in [-0.4, -0.2) is 65.1 Å². The first-order chi connectivity index (χ1) is 12.9. The molecule has 1 aromatic carbocycles. The highest BCUT2D eigenvalue weighted by atomic mass is 32.2. The quantitative estimate of drug-likeness (QED) is 0.678. The van der Waals surface area contributed by atoms with Crippen LogP contribution in [-0.2, 0) is 28.1 Å². The molecule has 27 heavy (non-hydrogen) atoms. The molecule has 8 nitrogen and oxygen atoms in total. The Labute approximate surface area is 163 Å². The van der Waals surface area contributed by atoms with E-state index in [1.165, 1.54) is 0 Å². The zero-order valence-corrected chi connectivity index (χ0v) is 16.7. The maximum absolute atomic E-state index is 12.9. The van der Waals surface area contributed by atoms with Crippen molar-refractivity contribution in [2.75, 3.05) is 31.1 Å². The molecular weight excluding hydrogens is 386 g/mol. The lowest BCUT2D eigenvalue weighted by Gasteiger charge is -2.33. The minimum Gasteiger partial charge on any atom is -0.354 e. The van der Waals surface area contributed by atoms with E-state index in [1.807, 2.05) is 42.3 Å². The first kappa shape index (κ1) is 19.7. The number of carbonyl (C=O) groups excluding carboxylic acids is 1. The molecule has 1 amide bonds. The number of rotatable bonds is 6. The van der Waals surface area contributed by atoms with Gasteiger partial charge in [0.2, 0.25) is 5.91 Å². The molecule has 0 radical (unpaired) electrons. The normalized spacial score (nSPS) is 18.1. The van der Waals surface area contributed by atoms with E-state index in [4.69, 9.17) is 12.2 Å². The fourth-order valence-electron chi connectivity index (χ4n) is 3.15. The number of nitrogens with one attached hydrogen (secondary N) is 2. The molecule has 1 aliphatic rings. The Morgan fingerprint density at radius 3 is 2.56 bits per heavy atom. The average Bonchev–Trinajstić information content (AvgIpc) is 2.96. The van der Waals surface area contributed by atoms with E-state index in [-0.39, 0.29) is 17.4 Å². The van der Waals surface area contributed by atoms with Gasteiger partial charge in [0.25, 0.3) is 0 Å². The molecule has 146 valence electrons. The molecule has 2 N–H and O–H groups in total. The van der Waals surface area contributed by atoms with E-state index in [0.29, 0.717) is 30.8 Å². The lowest BCUT2D eigenvalue weighted by molar-refractivity contribution is -0.126. The fourth-order valence-corrected chi connectivity index (χ4v) is 4.53. The van der Waals surface area contributed by atoms with Crippen molar-refractivity contribution in [1.29, 1.82) is 0 Å². The third-order valence-corrected chi connectivity index (χ3v) is 6.70. The maximum Gasteiger partial charge on any atom is 0.241 e. The van der Waals surface area contributed by atoms with Gasteiger partial charge in [-0.05, 0) is 17.8 Å². The summed E-state index contributed by atoms with van der Waals surface area (Å²) in [6.07, 6.45) is 0.547. The molecule has 3 rings (SSSR count). The van der Waals surface area contributed by atoms with Crippen molar-refractivity contribution < 1.29 is 13.2 Å². The zero-order chi connectivity index (χ0) is 19.4. The highest BCUT2D eigenvalue weighted by molar-refractivity contribution is 7.91. The van der Waals surface area contributed by atoms with Crippen LogP contribution in [0.5, 0.6) is 0 Å². The summed E-state index contributed by atoms with van der Waals surface area (Å²) in [6.45, 7) is 1.12. The van der Waals surface area contributed by atoms with E-state index in [1.54, 1.807) is 4.57 Å². The molecule has 0 bridgehead atoms. The van der Waals surface area contributed by atoms with Crippen molar-refractivity contribution in [3.63, 3.8) is 0 Å². The molecule has 1 atom stereocenters. The monoisotopic (exact) mass is 409 g/mol. The standard InChI is InChI=1S/C17H23N5O3S2/c1-21-14(19-20-17(21)26)7-8-18-16(23)15(13-5-3-2-4-6-13)22-9-11-27(24,25)12-10-22/h2-6,15H,7-12H2,1H3,(H,18,23)(H,20,26). The van der Waals surface area contributed by atoms with Crippen molar-refractivity contribution in [2.45, 2.75) is 12.5 Å². The summed E-state index contributed by atoms with van der Waals surface area (Å²) in [7, 11) is -1.19. The molecule has 1 aliphatic heterocycles. The number of aromatic nitrogens is 3. The summed E-state index contributed by atoms with van der Waals surface area (Å²) >= 11 is 5.09. The van der Waals surface area contributed by atoms with Gasteiger partial charge in [-0.1, -0.05) is 30.3 Å². The Balaban J connectivity index is 1.69. The van der Waals surface area contributed by atoms with E-state index >= 15 is 0 Å². The molecule has 1 aromatic heterocycles. The lowest BCUT2D eigenvalue weighted by Crippen LogP contribution is -2.47. The highest BCUT2D eigenvalue weighted by Crippen LogP contribution is 2.23. The van der Waals surface area contributed by atoms with Crippen LogP contribution in [0.3, 0.4) is 0 Å². The number of benzene rings is 1. The van der Waals surface area contributed by atoms with Gasteiger partial charge in [0.15, 0.2) is 14.6 Å². The predicted octanol–water partition coefficient (Wildman–Crippen LogP) is 0.608. The molecule has 2 aromatic rings. The third-order valence-electron chi connectivity index (χ3n) is 4.73. The molecule has 10 heteroatoms.